The fourth-order valence-corrected chi connectivity index (χ4v) is 0. The van der Waals surface area contributed by atoms with E-state index >= 15 is 0 Å². The molecule has 0 saturated heterocycles. The van der Waals surface area contributed by atoms with Gasteiger partial charge in [0.25, 0.3) is 0 Å². The molecule has 0 spiro atoms. The van der Waals surface area contributed by atoms with Crippen molar-refractivity contribution in [2.24, 2.45) is 0 Å². The third kappa shape index (κ3) is 4.10. The van der Waals surface area contributed by atoms with E-state index in [1.807, 2.05) is 13.8 Å². The maximum Gasteiger partial charge on any atom is 0.327 e. The van der Waals surface area contributed by atoms with E-state index in [1.165, 1.54) is 0 Å². The predicted octanol–water partition coefficient (Wildman–Crippen LogP) is 1.42. The van der Waals surface area contributed by atoms with E-state index in [4.69, 9.17) is 0 Å². The Morgan fingerprint density at radius 3 is 1.80 bits per heavy atom. The molecule has 0 saturated carbocycles. The van der Waals surface area contributed by atoms with Crippen molar-refractivity contribution in [3.05, 3.63) is 0 Å². The monoisotopic (exact) mass is 91.0 g/mol. The molecule has 2 heteroatoms. The largest absolute Gasteiger partial charge is 0.327 e. The molecular formula is C3H8OP+. The highest BCUT2D eigenvalue weighted by Gasteiger charge is 1.92. The first-order chi connectivity index (χ1) is 2.27. The van der Waals surface area contributed by atoms with E-state index < -0.39 is 0 Å². The van der Waals surface area contributed by atoms with Gasteiger partial charge in [0.15, 0.2) is 0 Å². The number of rotatable bonds is 1. The first kappa shape index (κ1) is 5.10. The lowest BCUT2D eigenvalue weighted by Crippen LogP contribution is -1.72. The second-order valence-corrected chi connectivity index (χ2v) is 2.66. The Balaban J connectivity index is 2.83. The zero-order valence-electron chi connectivity index (χ0n) is 3.49. The van der Waals surface area contributed by atoms with Crippen molar-refractivity contribution in [2.75, 3.05) is 0 Å². The van der Waals surface area contributed by atoms with Gasteiger partial charge >= 0.3 is 8.46 Å². The zero-order chi connectivity index (χ0) is 4.28. The van der Waals surface area contributed by atoms with E-state index in [0.717, 1.165) is 0 Å². The molecule has 0 bridgehead atoms. The highest BCUT2D eigenvalue weighted by atomic mass is 31.1. The van der Waals surface area contributed by atoms with Crippen molar-refractivity contribution in [2.45, 2.75) is 19.5 Å². The summed E-state index contributed by atoms with van der Waals surface area (Å²) in [5.74, 6) is 0. The van der Waals surface area contributed by atoms with E-state index in [1.54, 1.807) is 0 Å². The first-order valence-electron chi connectivity index (χ1n) is 1.65. The minimum Gasteiger partial charge on any atom is -0.0772 e. The van der Waals surface area contributed by atoms with Crippen molar-refractivity contribution in [3.8, 4) is 0 Å². The minimum absolute atomic E-state index is 0.136. The summed E-state index contributed by atoms with van der Waals surface area (Å²) in [5.41, 5.74) is 0.356. The number of hydrogen-bond donors (Lipinski definition) is 0. The third-order valence-electron chi connectivity index (χ3n) is 0.236. The molecule has 0 fully saturated rings. The summed E-state index contributed by atoms with van der Waals surface area (Å²) in [6, 6.07) is 0. The fourth-order valence-electron chi connectivity index (χ4n) is 0. The van der Waals surface area contributed by atoms with Crippen LogP contribution in [0.4, 0.5) is 0 Å². The van der Waals surface area contributed by atoms with Gasteiger partial charge in [-0.1, -0.05) is 4.57 Å². The maximum atomic E-state index is 9.66. The lowest BCUT2D eigenvalue weighted by atomic mass is 10.6. The quantitative estimate of drug-likeness (QED) is 0.446. The summed E-state index contributed by atoms with van der Waals surface area (Å²) in [7, 11) is -0.136. The topological polar surface area (TPSA) is 17.1 Å². The summed E-state index contributed by atoms with van der Waals surface area (Å²) < 4.78 is 9.66. The van der Waals surface area contributed by atoms with Crippen LogP contribution in [0.25, 0.3) is 0 Å². The van der Waals surface area contributed by atoms with Gasteiger partial charge in [-0.2, -0.15) is 0 Å². The molecule has 0 aliphatic heterocycles. The van der Waals surface area contributed by atoms with Crippen LogP contribution >= 0.6 is 8.46 Å². The molecule has 0 amide bonds. The highest BCUT2D eigenvalue weighted by Crippen LogP contribution is 1.99. The Morgan fingerprint density at radius 2 is 1.80 bits per heavy atom. The van der Waals surface area contributed by atoms with Crippen LogP contribution in [0.15, 0.2) is 0 Å². The molecule has 0 radical (unpaired) electrons. The Morgan fingerprint density at radius 1 is 1.60 bits per heavy atom. The summed E-state index contributed by atoms with van der Waals surface area (Å²) in [6.07, 6.45) is 0. The van der Waals surface area contributed by atoms with Gasteiger partial charge in [0.1, 0.15) is 5.66 Å². The average Bonchev–Trinajstić information content (AvgIpc) is 1.38. The molecule has 0 aliphatic rings. The van der Waals surface area contributed by atoms with Gasteiger partial charge in [-0.15, -0.1) is 0 Å². The van der Waals surface area contributed by atoms with Gasteiger partial charge < -0.3 is 0 Å². The first-order valence-corrected chi connectivity index (χ1v) is 2.63. The average molecular weight is 91.1 g/mol. The highest BCUT2D eigenvalue weighted by molar-refractivity contribution is 7.24. The van der Waals surface area contributed by atoms with Crippen molar-refractivity contribution >= 4 is 8.46 Å². The molecule has 5 heavy (non-hydrogen) atoms. The Hall–Kier alpha value is 0.100. The third-order valence-corrected chi connectivity index (χ3v) is 0.707. The van der Waals surface area contributed by atoms with Crippen LogP contribution in [-0.2, 0) is 4.57 Å². The molecule has 0 heterocycles. The van der Waals surface area contributed by atoms with Crippen LogP contribution in [0, 0.1) is 0 Å². The Kier molecular flexibility index (Phi) is 2.39. The van der Waals surface area contributed by atoms with Crippen molar-refractivity contribution < 1.29 is 4.57 Å². The van der Waals surface area contributed by atoms with Crippen LogP contribution in [-0.4, -0.2) is 5.66 Å². The molecule has 1 unspecified atom stereocenters. The van der Waals surface area contributed by atoms with Gasteiger partial charge in [0.05, 0.1) is 0 Å². The lowest BCUT2D eigenvalue weighted by molar-refractivity contribution is 0.594. The molecule has 0 aromatic rings. The molecule has 0 N–H and O–H groups in total. The zero-order valence-corrected chi connectivity index (χ0v) is 4.49. The standard InChI is InChI=1S/C3H7OP/c1-3(2)5-4/h3H,1-2H3/p+1. The number of hydrogen-bond acceptors (Lipinski definition) is 1. The summed E-state index contributed by atoms with van der Waals surface area (Å²) in [6.45, 7) is 3.84. The maximum absolute atomic E-state index is 9.66. The van der Waals surface area contributed by atoms with E-state index in [9.17, 15) is 4.57 Å². The van der Waals surface area contributed by atoms with E-state index in [-0.39, 0.29) is 8.46 Å². The van der Waals surface area contributed by atoms with E-state index in [0.29, 0.717) is 5.66 Å². The second kappa shape index (κ2) is 2.34. The summed E-state index contributed by atoms with van der Waals surface area (Å²) >= 11 is 0. The van der Waals surface area contributed by atoms with Crippen LogP contribution in [0.1, 0.15) is 13.8 Å². The molecule has 0 aromatic heterocycles. The van der Waals surface area contributed by atoms with Crippen LogP contribution < -0.4 is 0 Å². The van der Waals surface area contributed by atoms with Gasteiger partial charge in [0.2, 0.25) is 0 Å². The molecule has 0 aliphatic carbocycles. The SMILES string of the molecule is CC(C)[PH+]=O. The fraction of sp³-hybridized carbons (Fsp3) is 1.00. The Labute approximate surface area is 33.6 Å². The van der Waals surface area contributed by atoms with Crippen molar-refractivity contribution in [1.29, 1.82) is 0 Å². The molecule has 1 atom stereocenters. The molecule has 0 aromatic carbocycles. The van der Waals surface area contributed by atoms with Gasteiger partial charge in [0, 0.05) is 0 Å². The molecule has 0 rings (SSSR count). The van der Waals surface area contributed by atoms with Crippen LogP contribution in [0.5, 0.6) is 0 Å². The second-order valence-electron chi connectivity index (χ2n) is 1.27. The smallest absolute Gasteiger partial charge is 0.0772 e. The van der Waals surface area contributed by atoms with Crippen LogP contribution in [0.3, 0.4) is 0 Å². The lowest BCUT2D eigenvalue weighted by Gasteiger charge is -1.66. The van der Waals surface area contributed by atoms with Gasteiger partial charge in [-0.3, -0.25) is 0 Å². The van der Waals surface area contributed by atoms with Crippen molar-refractivity contribution in [1.82, 2.24) is 0 Å². The Bertz CT molecular complexity index is 33.9. The van der Waals surface area contributed by atoms with Gasteiger partial charge in [-0.25, -0.2) is 0 Å². The molecule has 1 nitrogen and oxygen atoms in total. The van der Waals surface area contributed by atoms with Gasteiger partial charge in [-0.05, 0) is 13.8 Å². The van der Waals surface area contributed by atoms with Crippen molar-refractivity contribution in [3.63, 3.8) is 0 Å². The van der Waals surface area contributed by atoms with Crippen LogP contribution in [0.2, 0.25) is 0 Å². The van der Waals surface area contributed by atoms with E-state index in [2.05, 4.69) is 0 Å². The summed E-state index contributed by atoms with van der Waals surface area (Å²) in [5, 5.41) is 0. The molecular weight excluding hydrogens is 83.0 g/mol. The predicted molar refractivity (Wildman–Crippen MR) is 24.1 cm³/mol. The summed E-state index contributed by atoms with van der Waals surface area (Å²) in [4.78, 5) is 0. The minimum atomic E-state index is -0.136. The molecule has 30 valence electrons. The normalized spacial score (nSPS) is 10.2.